The van der Waals surface area contributed by atoms with Crippen LogP contribution in [0.5, 0.6) is 0 Å². The fourth-order valence-electron chi connectivity index (χ4n) is 2.50. The number of carboxylic acid groups (broad SMARTS) is 1. The van der Waals surface area contributed by atoms with Gasteiger partial charge in [-0.05, 0) is 37.5 Å². The second kappa shape index (κ2) is 5.49. The maximum Gasteiger partial charge on any atom is 0.335 e. The lowest BCUT2D eigenvalue weighted by Crippen LogP contribution is -2.35. The van der Waals surface area contributed by atoms with Crippen LogP contribution in [0.3, 0.4) is 0 Å². The van der Waals surface area contributed by atoms with Crippen molar-refractivity contribution in [3.05, 3.63) is 29.6 Å². The van der Waals surface area contributed by atoms with Crippen LogP contribution < -0.4 is 0 Å². The van der Waals surface area contributed by atoms with Gasteiger partial charge in [0.25, 0.3) is 0 Å². The van der Waals surface area contributed by atoms with Crippen LogP contribution in [0.1, 0.15) is 36.5 Å². The smallest absolute Gasteiger partial charge is 0.335 e. The van der Waals surface area contributed by atoms with Crippen molar-refractivity contribution >= 4 is 16.0 Å². The number of carbonyl (C=O) groups is 1. The first kappa shape index (κ1) is 14.9. The number of nitrogens with zero attached hydrogens (tertiary/aromatic N) is 1. The van der Waals surface area contributed by atoms with E-state index in [4.69, 9.17) is 5.11 Å². The molecule has 0 aliphatic carbocycles. The van der Waals surface area contributed by atoms with Crippen molar-refractivity contribution in [2.45, 2.75) is 37.1 Å². The summed E-state index contributed by atoms with van der Waals surface area (Å²) < 4.78 is 40.1. The molecule has 2 rings (SSSR count). The molecule has 5 nitrogen and oxygen atoms in total. The Morgan fingerprint density at radius 3 is 2.75 bits per heavy atom. The molecule has 1 unspecified atom stereocenters. The van der Waals surface area contributed by atoms with E-state index in [2.05, 4.69) is 0 Å². The average Bonchev–Trinajstić information content (AvgIpc) is 2.87. The van der Waals surface area contributed by atoms with Crippen LogP contribution in [0, 0.1) is 5.82 Å². The first-order valence-corrected chi connectivity index (χ1v) is 7.86. The van der Waals surface area contributed by atoms with E-state index in [-0.39, 0.29) is 11.6 Å². The van der Waals surface area contributed by atoms with E-state index in [1.165, 1.54) is 4.31 Å². The number of carboxylic acids is 1. The van der Waals surface area contributed by atoms with Gasteiger partial charge in [-0.2, -0.15) is 4.31 Å². The quantitative estimate of drug-likeness (QED) is 0.924. The van der Waals surface area contributed by atoms with Gasteiger partial charge < -0.3 is 5.11 Å². The molecule has 7 heteroatoms. The third kappa shape index (κ3) is 2.55. The van der Waals surface area contributed by atoms with Crippen molar-refractivity contribution in [2.75, 3.05) is 6.54 Å². The average molecular weight is 301 g/mol. The minimum absolute atomic E-state index is 0.112. The van der Waals surface area contributed by atoms with E-state index in [1.807, 2.05) is 6.92 Å². The zero-order chi connectivity index (χ0) is 14.9. The number of hydrogen-bond acceptors (Lipinski definition) is 3. The topological polar surface area (TPSA) is 74.7 Å². The van der Waals surface area contributed by atoms with Gasteiger partial charge in [0.1, 0.15) is 10.7 Å². The molecule has 1 aromatic carbocycles. The Hall–Kier alpha value is -1.47. The monoisotopic (exact) mass is 301 g/mol. The first-order chi connectivity index (χ1) is 9.37. The third-order valence-corrected chi connectivity index (χ3v) is 5.54. The van der Waals surface area contributed by atoms with Gasteiger partial charge in [0, 0.05) is 12.6 Å². The van der Waals surface area contributed by atoms with E-state index in [0.29, 0.717) is 13.0 Å². The summed E-state index contributed by atoms with van der Waals surface area (Å²) in [5.74, 6) is -2.31. The number of benzene rings is 1. The lowest BCUT2D eigenvalue weighted by molar-refractivity contribution is 0.0696. The largest absolute Gasteiger partial charge is 0.478 e. The molecule has 1 fully saturated rings. The summed E-state index contributed by atoms with van der Waals surface area (Å²) in [4.78, 5) is 10.3. The maximum atomic E-state index is 13.9. The fraction of sp³-hybridized carbons (Fsp3) is 0.462. The summed E-state index contributed by atoms with van der Waals surface area (Å²) >= 11 is 0. The van der Waals surface area contributed by atoms with Crippen LogP contribution in [0.15, 0.2) is 23.1 Å². The Balaban J connectivity index is 2.42. The second-order valence-electron chi connectivity index (χ2n) is 4.77. The van der Waals surface area contributed by atoms with Crippen LogP contribution in [0.25, 0.3) is 0 Å². The maximum absolute atomic E-state index is 13.9. The molecule has 0 amide bonds. The normalized spacial score (nSPS) is 20.2. The summed E-state index contributed by atoms with van der Waals surface area (Å²) in [6, 6.07) is 2.76. The molecule has 1 aliphatic heterocycles. The van der Waals surface area contributed by atoms with E-state index < -0.39 is 26.7 Å². The molecule has 1 saturated heterocycles. The van der Waals surface area contributed by atoms with Gasteiger partial charge in [0.05, 0.1) is 5.56 Å². The number of halogens is 1. The predicted molar refractivity (Wildman–Crippen MR) is 70.6 cm³/mol. The molecule has 110 valence electrons. The minimum Gasteiger partial charge on any atom is -0.478 e. The Bertz CT molecular complexity index is 629. The SMILES string of the molecule is CCC1CCCN1S(=O)(=O)c1ccc(C(=O)O)cc1F. The molecular formula is C13H16FNO4S. The molecule has 1 N–H and O–H groups in total. The second-order valence-corrected chi connectivity index (χ2v) is 6.63. The Labute approximate surface area is 117 Å². The lowest BCUT2D eigenvalue weighted by Gasteiger charge is -2.23. The van der Waals surface area contributed by atoms with Crippen LogP contribution in [0.4, 0.5) is 4.39 Å². The zero-order valence-electron chi connectivity index (χ0n) is 11.0. The van der Waals surface area contributed by atoms with Gasteiger partial charge in [0.15, 0.2) is 0 Å². The van der Waals surface area contributed by atoms with Crippen molar-refractivity contribution in [1.82, 2.24) is 4.31 Å². The molecule has 1 aliphatic rings. The van der Waals surface area contributed by atoms with Gasteiger partial charge in [-0.3, -0.25) is 0 Å². The third-order valence-electron chi connectivity index (χ3n) is 3.56. The molecule has 0 aromatic heterocycles. The number of aromatic carboxylic acids is 1. The molecule has 0 saturated carbocycles. The van der Waals surface area contributed by atoms with E-state index in [9.17, 15) is 17.6 Å². The number of sulfonamides is 1. The molecule has 0 bridgehead atoms. The van der Waals surface area contributed by atoms with Gasteiger partial charge in [0.2, 0.25) is 10.0 Å². The van der Waals surface area contributed by atoms with Crippen LogP contribution >= 0.6 is 0 Å². The van der Waals surface area contributed by atoms with Crippen molar-refractivity contribution in [1.29, 1.82) is 0 Å². The molecule has 20 heavy (non-hydrogen) atoms. The summed E-state index contributed by atoms with van der Waals surface area (Å²) in [7, 11) is -3.91. The van der Waals surface area contributed by atoms with Crippen molar-refractivity contribution in [3.63, 3.8) is 0 Å². The zero-order valence-corrected chi connectivity index (χ0v) is 11.9. The lowest BCUT2D eigenvalue weighted by atomic mass is 10.2. The predicted octanol–water partition coefficient (Wildman–Crippen LogP) is 2.09. The summed E-state index contributed by atoms with van der Waals surface area (Å²) in [6.07, 6.45) is 2.20. The summed E-state index contributed by atoms with van der Waals surface area (Å²) in [6.45, 7) is 2.27. The van der Waals surface area contributed by atoms with E-state index >= 15 is 0 Å². The van der Waals surface area contributed by atoms with Gasteiger partial charge in [-0.25, -0.2) is 17.6 Å². The van der Waals surface area contributed by atoms with Gasteiger partial charge in [-0.15, -0.1) is 0 Å². The standard InChI is InChI=1S/C13H16FNO4S/c1-2-10-4-3-7-15(10)20(18,19)12-6-5-9(13(16)17)8-11(12)14/h5-6,8,10H,2-4,7H2,1H3,(H,16,17). The Morgan fingerprint density at radius 2 is 2.20 bits per heavy atom. The van der Waals surface area contributed by atoms with Crippen LogP contribution in [-0.2, 0) is 10.0 Å². The highest BCUT2D eigenvalue weighted by atomic mass is 32.2. The summed E-state index contributed by atoms with van der Waals surface area (Å²) in [5.41, 5.74) is -0.269. The molecular weight excluding hydrogens is 285 g/mol. The first-order valence-electron chi connectivity index (χ1n) is 6.42. The van der Waals surface area contributed by atoms with Crippen LogP contribution in [-0.4, -0.2) is 36.4 Å². The molecule has 1 atom stereocenters. The van der Waals surface area contributed by atoms with Crippen LogP contribution in [0.2, 0.25) is 0 Å². The number of rotatable bonds is 4. The minimum atomic E-state index is -3.91. The highest BCUT2D eigenvalue weighted by Gasteiger charge is 2.35. The highest BCUT2D eigenvalue weighted by molar-refractivity contribution is 7.89. The van der Waals surface area contributed by atoms with Gasteiger partial charge >= 0.3 is 5.97 Å². The highest BCUT2D eigenvalue weighted by Crippen LogP contribution is 2.29. The Morgan fingerprint density at radius 1 is 1.50 bits per heavy atom. The molecule has 0 spiro atoms. The molecule has 0 radical (unpaired) electrons. The fourth-order valence-corrected chi connectivity index (χ4v) is 4.32. The van der Waals surface area contributed by atoms with E-state index in [1.54, 1.807) is 0 Å². The van der Waals surface area contributed by atoms with Crippen molar-refractivity contribution in [2.24, 2.45) is 0 Å². The summed E-state index contributed by atoms with van der Waals surface area (Å²) in [5, 5.41) is 8.77. The van der Waals surface area contributed by atoms with Crippen molar-refractivity contribution < 1.29 is 22.7 Å². The Kier molecular flexibility index (Phi) is 4.10. The van der Waals surface area contributed by atoms with Crippen molar-refractivity contribution in [3.8, 4) is 0 Å². The molecule has 1 heterocycles. The number of hydrogen-bond donors (Lipinski definition) is 1. The van der Waals surface area contributed by atoms with Gasteiger partial charge in [-0.1, -0.05) is 6.92 Å². The molecule has 1 aromatic rings. The van der Waals surface area contributed by atoms with E-state index in [0.717, 1.165) is 31.0 Å².